The number of halogens is 1. The molecule has 0 fully saturated rings. The summed E-state index contributed by atoms with van der Waals surface area (Å²) in [4.78, 5) is 4.03. The minimum Gasteiger partial charge on any atom is -0.302 e. The molecule has 0 radical (unpaired) electrons. The van der Waals surface area contributed by atoms with Gasteiger partial charge in [-0.25, -0.2) is 0 Å². The number of nitrogens with zero attached hydrogens (tertiary/aromatic N) is 2. The van der Waals surface area contributed by atoms with Gasteiger partial charge < -0.3 is 5.43 Å². The lowest BCUT2D eigenvalue weighted by atomic mass is 10.1. The predicted octanol–water partition coefficient (Wildman–Crippen LogP) is 1.52. The first-order valence-electron chi connectivity index (χ1n) is 3.64. The van der Waals surface area contributed by atoms with E-state index >= 15 is 0 Å². The first kappa shape index (κ1) is 9.00. The van der Waals surface area contributed by atoms with E-state index < -0.39 is 0 Å². The van der Waals surface area contributed by atoms with Crippen LogP contribution in [0.25, 0.3) is 0 Å². The highest BCUT2D eigenvalue weighted by atomic mass is 35.5. The van der Waals surface area contributed by atoms with Crippen LogP contribution in [0.4, 0.5) is 0 Å². The molecule has 4 heteroatoms. The van der Waals surface area contributed by atoms with Crippen LogP contribution in [0, 0.1) is 0 Å². The van der Waals surface area contributed by atoms with Gasteiger partial charge in [-0.15, -0.1) is 12.4 Å². The molecule has 1 aromatic rings. The molecule has 64 valence electrons. The van der Waals surface area contributed by atoms with E-state index in [1.165, 1.54) is 5.56 Å². The zero-order valence-corrected chi connectivity index (χ0v) is 7.29. The SMILES string of the molecule is C1=NN[C@H](c2cccnc2)C1.Cl. The second-order valence-corrected chi connectivity index (χ2v) is 2.52. The van der Waals surface area contributed by atoms with Crippen molar-refractivity contribution >= 4 is 18.6 Å². The zero-order valence-electron chi connectivity index (χ0n) is 6.47. The van der Waals surface area contributed by atoms with Crippen molar-refractivity contribution in [1.82, 2.24) is 10.4 Å². The van der Waals surface area contributed by atoms with Gasteiger partial charge in [-0.2, -0.15) is 5.10 Å². The molecule has 1 atom stereocenters. The molecule has 0 unspecified atom stereocenters. The molecule has 2 rings (SSSR count). The fourth-order valence-electron chi connectivity index (χ4n) is 1.15. The van der Waals surface area contributed by atoms with E-state index in [2.05, 4.69) is 21.6 Å². The van der Waals surface area contributed by atoms with Crippen molar-refractivity contribution in [2.45, 2.75) is 12.5 Å². The molecule has 0 aliphatic carbocycles. The fraction of sp³-hybridized carbons (Fsp3) is 0.250. The standard InChI is InChI=1S/C8H9N3.ClH/c1-2-7(6-9-4-1)8-3-5-10-11-8;/h1-2,4-6,8,11H,3H2;1H/t8-;/m0./s1. The van der Waals surface area contributed by atoms with Gasteiger partial charge in [0.15, 0.2) is 0 Å². The third kappa shape index (κ3) is 1.74. The van der Waals surface area contributed by atoms with Crippen LogP contribution in [-0.2, 0) is 0 Å². The summed E-state index contributed by atoms with van der Waals surface area (Å²) in [5.41, 5.74) is 4.20. The number of hydrogen-bond acceptors (Lipinski definition) is 3. The van der Waals surface area contributed by atoms with E-state index in [9.17, 15) is 0 Å². The maximum atomic E-state index is 4.03. The summed E-state index contributed by atoms with van der Waals surface area (Å²) in [6.07, 6.45) is 6.50. The largest absolute Gasteiger partial charge is 0.302 e. The quantitative estimate of drug-likeness (QED) is 0.717. The predicted molar refractivity (Wildman–Crippen MR) is 50.5 cm³/mol. The van der Waals surface area contributed by atoms with Crippen LogP contribution < -0.4 is 5.43 Å². The van der Waals surface area contributed by atoms with Crippen molar-refractivity contribution in [1.29, 1.82) is 0 Å². The van der Waals surface area contributed by atoms with E-state index in [1.807, 2.05) is 18.5 Å². The average Bonchev–Trinajstić information content (AvgIpc) is 2.58. The van der Waals surface area contributed by atoms with Crippen molar-refractivity contribution < 1.29 is 0 Å². The number of rotatable bonds is 1. The molecule has 0 bridgehead atoms. The van der Waals surface area contributed by atoms with E-state index in [4.69, 9.17) is 0 Å². The molecular formula is C8H10ClN3. The lowest BCUT2D eigenvalue weighted by Crippen LogP contribution is -2.09. The van der Waals surface area contributed by atoms with Gasteiger partial charge in [-0.3, -0.25) is 4.98 Å². The van der Waals surface area contributed by atoms with Crippen molar-refractivity contribution in [3.05, 3.63) is 30.1 Å². The summed E-state index contributed by atoms with van der Waals surface area (Å²) in [6.45, 7) is 0. The van der Waals surface area contributed by atoms with Crippen molar-refractivity contribution in [3.63, 3.8) is 0 Å². The van der Waals surface area contributed by atoms with E-state index in [-0.39, 0.29) is 12.4 Å². The van der Waals surface area contributed by atoms with Crippen molar-refractivity contribution in [2.75, 3.05) is 0 Å². The first-order chi connectivity index (χ1) is 5.47. The maximum absolute atomic E-state index is 4.03. The van der Waals surface area contributed by atoms with Gasteiger partial charge in [0.05, 0.1) is 6.04 Å². The molecule has 0 aromatic carbocycles. The summed E-state index contributed by atoms with van der Waals surface area (Å²) >= 11 is 0. The summed E-state index contributed by atoms with van der Waals surface area (Å²) in [6, 6.07) is 4.33. The van der Waals surface area contributed by atoms with Crippen LogP contribution in [0.1, 0.15) is 18.0 Å². The molecule has 3 nitrogen and oxygen atoms in total. The Bertz CT molecular complexity index is 252. The van der Waals surface area contributed by atoms with Gasteiger partial charge >= 0.3 is 0 Å². The van der Waals surface area contributed by atoms with E-state index in [0.29, 0.717) is 6.04 Å². The average molecular weight is 184 g/mol. The molecule has 1 N–H and O–H groups in total. The van der Waals surface area contributed by atoms with Gasteiger partial charge in [-0.1, -0.05) is 6.07 Å². The van der Waals surface area contributed by atoms with E-state index in [0.717, 1.165) is 6.42 Å². The Labute approximate surface area is 77.3 Å². The second kappa shape index (κ2) is 4.07. The van der Waals surface area contributed by atoms with Crippen molar-refractivity contribution in [3.8, 4) is 0 Å². The molecule has 0 spiro atoms. The van der Waals surface area contributed by atoms with Crippen molar-refractivity contribution in [2.24, 2.45) is 5.10 Å². The summed E-state index contributed by atoms with van der Waals surface area (Å²) in [5, 5.41) is 3.94. The van der Waals surface area contributed by atoms with Crippen LogP contribution in [-0.4, -0.2) is 11.2 Å². The van der Waals surface area contributed by atoms with Crippen LogP contribution in [0.5, 0.6) is 0 Å². The normalized spacial score (nSPS) is 19.8. The minimum atomic E-state index is 0. The van der Waals surface area contributed by atoms with Crippen LogP contribution in [0.3, 0.4) is 0 Å². The molecule has 1 aliphatic rings. The van der Waals surface area contributed by atoms with Crippen LogP contribution in [0.15, 0.2) is 29.6 Å². The molecule has 1 aromatic heterocycles. The lowest BCUT2D eigenvalue weighted by Gasteiger charge is -2.07. The number of aromatic nitrogens is 1. The van der Waals surface area contributed by atoms with E-state index in [1.54, 1.807) is 6.20 Å². The molecule has 0 saturated carbocycles. The Kier molecular flexibility index (Phi) is 3.05. The first-order valence-corrected chi connectivity index (χ1v) is 3.64. The summed E-state index contributed by atoms with van der Waals surface area (Å²) in [5.74, 6) is 0. The Hall–Kier alpha value is -1.09. The number of pyridine rings is 1. The highest BCUT2D eigenvalue weighted by Gasteiger charge is 2.11. The highest BCUT2D eigenvalue weighted by Crippen LogP contribution is 2.16. The molecule has 2 heterocycles. The van der Waals surface area contributed by atoms with Gasteiger partial charge in [0, 0.05) is 25.0 Å². The van der Waals surface area contributed by atoms with Gasteiger partial charge in [0.25, 0.3) is 0 Å². The minimum absolute atomic E-state index is 0. The third-order valence-corrected chi connectivity index (χ3v) is 1.75. The second-order valence-electron chi connectivity index (χ2n) is 2.52. The van der Waals surface area contributed by atoms with Crippen LogP contribution in [0.2, 0.25) is 0 Å². The summed E-state index contributed by atoms with van der Waals surface area (Å²) < 4.78 is 0. The molecule has 0 saturated heterocycles. The molecule has 12 heavy (non-hydrogen) atoms. The van der Waals surface area contributed by atoms with Gasteiger partial charge in [-0.05, 0) is 11.6 Å². The Balaban J connectivity index is 0.000000720. The molecular weight excluding hydrogens is 174 g/mol. The monoisotopic (exact) mass is 183 g/mol. The Morgan fingerprint density at radius 3 is 3.00 bits per heavy atom. The topological polar surface area (TPSA) is 37.3 Å². The lowest BCUT2D eigenvalue weighted by molar-refractivity contribution is 0.618. The number of hydrogen-bond donors (Lipinski definition) is 1. The molecule has 1 aliphatic heterocycles. The highest BCUT2D eigenvalue weighted by molar-refractivity contribution is 5.85. The van der Waals surface area contributed by atoms with Gasteiger partial charge in [0.2, 0.25) is 0 Å². The Morgan fingerprint density at radius 1 is 1.50 bits per heavy atom. The van der Waals surface area contributed by atoms with Crippen LogP contribution >= 0.6 is 12.4 Å². The zero-order chi connectivity index (χ0) is 7.52. The fourth-order valence-corrected chi connectivity index (χ4v) is 1.15. The smallest absolute Gasteiger partial charge is 0.0754 e. The maximum Gasteiger partial charge on any atom is 0.0754 e. The number of nitrogens with one attached hydrogen (secondary N) is 1. The Morgan fingerprint density at radius 2 is 2.42 bits per heavy atom. The third-order valence-electron chi connectivity index (χ3n) is 1.75. The summed E-state index contributed by atoms with van der Waals surface area (Å²) in [7, 11) is 0. The molecule has 0 amide bonds. The van der Waals surface area contributed by atoms with Gasteiger partial charge in [0.1, 0.15) is 0 Å². The number of hydrazone groups is 1.